The summed E-state index contributed by atoms with van der Waals surface area (Å²) in [5.41, 5.74) is 1.30. The number of ether oxygens (including phenoxy) is 1. The zero-order valence-electron chi connectivity index (χ0n) is 13.2. The minimum Gasteiger partial charge on any atom is -0.381 e. The summed E-state index contributed by atoms with van der Waals surface area (Å²) in [6.45, 7) is 11.6. The van der Waals surface area contributed by atoms with E-state index in [1.165, 1.54) is 28.4 Å². The molecule has 2 rings (SSSR count). The highest BCUT2D eigenvalue weighted by molar-refractivity contribution is 7.11. The van der Waals surface area contributed by atoms with Gasteiger partial charge in [-0.05, 0) is 25.2 Å². The maximum atomic E-state index is 5.62. The van der Waals surface area contributed by atoms with Crippen LogP contribution in [0.15, 0.2) is 0 Å². The van der Waals surface area contributed by atoms with Crippen molar-refractivity contribution in [3.05, 3.63) is 15.6 Å². The maximum absolute atomic E-state index is 5.62. The van der Waals surface area contributed by atoms with Crippen molar-refractivity contribution in [1.82, 2.24) is 10.3 Å². The fraction of sp³-hybridized carbons (Fsp3) is 0.812. The van der Waals surface area contributed by atoms with E-state index in [2.05, 4.69) is 33.0 Å². The molecule has 1 aromatic rings. The van der Waals surface area contributed by atoms with Crippen LogP contribution >= 0.6 is 11.3 Å². The molecule has 0 saturated carbocycles. The third kappa shape index (κ3) is 4.54. The summed E-state index contributed by atoms with van der Waals surface area (Å²) < 4.78 is 5.62. The molecule has 2 heterocycles. The summed E-state index contributed by atoms with van der Waals surface area (Å²) in [6.07, 6.45) is 3.48. The second-order valence-electron chi connectivity index (χ2n) is 6.47. The summed E-state index contributed by atoms with van der Waals surface area (Å²) in [4.78, 5) is 6.37. The highest BCUT2D eigenvalue weighted by atomic mass is 32.1. The van der Waals surface area contributed by atoms with Gasteiger partial charge in [0.25, 0.3) is 0 Å². The van der Waals surface area contributed by atoms with Gasteiger partial charge in [0.15, 0.2) is 0 Å². The van der Waals surface area contributed by atoms with Crippen LogP contribution in [-0.2, 0) is 17.7 Å². The van der Waals surface area contributed by atoms with Gasteiger partial charge in [0.1, 0.15) is 0 Å². The lowest BCUT2D eigenvalue weighted by Crippen LogP contribution is -2.22. The molecule has 4 heteroatoms. The Kier molecular flexibility index (Phi) is 6.00. The first kappa shape index (κ1) is 15.9. The van der Waals surface area contributed by atoms with Gasteiger partial charge >= 0.3 is 0 Å². The Morgan fingerprint density at radius 2 is 2.15 bits per heavy atom. The van der Waals surface area contributed by atoms with Crippen LogP contribution in [0.3, 0.4) is 0 Å². The summed E-state index contributed by atoms with van der Waals surface area (Å²) in [6, 6.07) is 0.519. The van der Waals surface area contributed by atoms with Gasteiger partial charge in [-0.25, -0.2) is 4.98 Å². The standard InChI is InChI=1S/C16H28N2OS/c1-11(2)8-14-15(9-17-12(3)4)20-16(18-14)13-6-5-7-19-10-13/h11-13,17H,5-10H2,1-4H3. The molecule has 114 valence electrons. The van der Waals surface area contributed by atoms with Crippen molar-refractivity contribution >= 4 is 11.3 Å². The molecule has 0 amide bonds. The quantitative estimate of drug-likeness (QED) is 0.868. The molecule has 1 N–H and O–H groups in total. The molecule has 3 nitrogen and oxygen atoms in total. The first-order valence-corrected chi connectivity index (χ1v) is 8.67. The predicted octanol–water partition coefficient (Wildman–Crippen LogP) is 3.73. The Hall–Kier alpha value is -0.450. The molecular weight excluding hydrogens is 268 g/mol. The molecular formula is C16H28N2OS. The highest BCUT2D eigenvalue weighted by Gasteiger charge is 2.22. The van der Waals surface area contributed by atoms with E-state index in [4.69, 9.17) is 9.72 Å². The summed E-state index contributed by atoms with van der Waals surface area (Å²) >= 11 is 1.90. The number of nitrogens with zero attached hydrogens (tertiary/aromatic N) is 1. The molecule has 0 radical (unpaired) electrons. The van der Waals surface area contributed by atoms with Gasteiger partial charge in [0.05, 0.1) is 17.3 Å². The van der Waals surface area contributed by atoms with Crippen molar-refractivity contribution in [2.24, 2.45) is 5.92 Å². The molecule has 0 aliphatic carbocycles. The van der Waals surface area contributed by atoms with Crippen molar-refractivity contribution in [2.75, 3.05) is 13.2 Å². The number of hydrogen-bond acceptors (Lipinski definition) is 4. The monoisotopic (exact) mass is 296 g/mol. The first-order chi connectivity index (χ1) is 9.56. The van der Waals surface area contributed by atoms with Crippen molar-refractivity contribution in [1.29, 1.82) is 0 Å². The molecule has 0 bridgehead atoms. The number of rotatable bonds is 6. The third-order valence-corrected chi connectivity index (χ3v) is 4.84. The van der Waals surface area contributed by atoms with Crippen molar-refractivity contribution in [3.63, 3.8) is 0 Å². The van der Waals surface area contributed by atoms with E-state index < -0.39 is 0 Å². The number of thiazole rings is 1. The fourth-order valence-electron chi connectivity index (χ4n) is 2.49. The van der Waals surface area contributed by atoms with Crippen LogP contribution in [-0.4, -0.2) is 24.2 Å². The average molecular weight is 296 g/mol. The fourth-order valence-corrected chi connectivity index (χ4v) is 3.66. The zero-order valence-corrected chi connectivity index (χ0v) is 14.1. The number of hydrogen-bond donors (Lipinski definition) is 1. The predicted molar refractivity (Wildman–Crippen MR) is 85.4 cm³/mol. The largest absolute Gasteiger partial charge is 0.381 e. The van der Waals surface area contributed by atoms with Gasteiger partial charge in [-0.3, -0.25) is 0 Å². The van der Waals surface area contributed by atoms with Gasteiger partial charge in [-0.15, -0.1) is 11.3 Å². The summed E-state index contributed by atoms with van der Waals surface area (Å²) in [5.74, 6) is 1.18. The Bertz CT molecular complexity index is 409. The molecule has 0 spiro atoms. The zero-order chi connectivity index (χ0) is 14.5. The summed E-state index contributed by atoms with van der Waals surface area (Å²) in [7, 11) is 0. The number of aromatic nitrogens is 1. The van der Waals surface area contributed by atoms with Crippen LogP contribution < -0.4 is 5.32 Å². The van der Waals surface area contributed by atoms with E-state index in [1.54, 1.807) is 0 Å². The number of nitrogens with one attached hydrogen (secondary N) is 1. The van der Waals surface area contributed by atoms with Crippen LogP contribution in [0.1, 0.15) is 62.0 Å². The Morgan fingerprint density at radius 3 is 2.75 bits per heavy atom. The van der Waals surface area contributed by atoms with E-state index in [9.17, 15) is 0 Å². The SMILES string of the molecule is CC(C)Cc1nc(C2CCCOC2)sc1CNC(C)C. The minimum atomic E-state index is 0.519. The van der Waals surface area contributed by atoms with Gasteiger partial charge in [-0.1, -0.05) is 27.7 Å². The molecule has 1 unspecified atom stereocenters. The van der Waals surface area contributed by atoms with Crippen molar-refractivity contribution in [2.45, 2.75) is 65.5 Å². The molecule has 0 aromatic carbocycles. The molecule has 20 heavy (non-hydrogen) atoms. The second kappa shape index (κ2) is 7.53. The lowest BCUT2D eigenvalue weighted by Gasteiger charge is -2.19. The van der Waals surface area contributed by atoms with Crippen LogP contribution in [0.25, 0.3) is 0 Å². The Balaban J connectivity index is 2.12. The summed E-state index contributed by atoms with van der Waals surface area (Å²) in [5, 5.41) is 4.82. The van der Waals surface area contributed by atoms with Crippen LogP contribution in [0.4, 0.5) is 0 Å². The van der Waals surface area contributed by atoms with E-state index in [0.717, 1.165) is 26.2 Å². The molecule has 1 aliphatic heterocycles. The maximum Gasteiger partial charge on any atom is 0.0985 e. The van der Waals surface area contributed by atoms with Crippen LogP contribution in [0.5, 0.6) is 0 Å². The van der Waals surface area contributed by atoms with E-state index >= 15 is 0 Å². The van der Waals surface area contributed by atoms with Gasteiger partial charge < -0.3 is 10.1 Å². The topological polar surface area (TPSA) is 34.1 Å². The first-order valence-electron chi connectivity index (χ1n) is 7.85. The Labute approximate surface area is 127 Å². The van der Waals surface area contributed by atoms with Crippen molar-refractivity contribution in [3.8, 4) is 0 Å². The average Bonchev–Trinajstić information content (AvgIpc) is 2.80. The van der Waals surface area contributed by atoms with E-state index in [-0.39, 0.29) is 0 Å². The molecule has 1 fully saturated rings. The molecule has 1 aromatic heterocycles. The molecule has 1 atom stereocenters. The smallest absolute Gasteiger partial charge is 0.0985 e. The van der Waals surface area contributed by atoms with Crippen molar-refractivity contribution < 1.29 is 4.74 Å². The highest BCUT2D eigenvalue weighted by Crippen LogP contribution is 2.31. The van der Waals surface area contributed by atoms with E-state index in [1.807, 2.05) is 11.3 Å². The van der Waals surface area contributed by atoms with Gasteiger partial charge in [0.2, 0.25) is 0 Å². The second-order valence-corrected chi connectivity index (χ2v) is 7.58. The van der Waals surface area contributed by atoms with Crippen LogP contribution in [0, 0.1) is 5.92 Å². The minimum absolute atomic E-state index is 0.519. The van der Waals surface area contributed by atoms with Gasteiger partial charge in [-0.2, -0.15) is 0 Å². The normalized spacial score (nSPS) is 20.0. The third-order valence-electron chi connectivity index (χ3n) is 3.58. The van der Waals surface area contributed by atoms with E-state index in [0.29, 0.717) is 17.9 Å². The van der Waals surface area contributed by atoms with Gasteiger partial charge in [0, 0.05) is 30.0 Å². The van der Waals surface area contributed by atoms with Crippen LogP contribution in [0.2, 0.25) is 0 Å². The lowest BCUT2D eigenvalue weighted by molar-refractivity contribution is 0.0803. The molecule has 1 aliphatic rings. The molecule has 1 saturated heterocycles. The Morgan fingerprint density at radius 1 is 1.35 bits per heavy atom. The lowest BCUT2D eigenvalue weighted by atomic mass is 10.0.